The monoisotopic (exact) mass is 793 g/mol. The number of benzene rings is 9. The largest absolute Gasteiger partial charge is 0.314 e. The first-order valence-electron chi connectivity index (χ1n) is 22.3. The molecular weight excluding hydrogens is 747 g/mol. The summed E-state index contributed by atoms with van der Waals surface area (Å²) < 4.78 is 0. The highest BCUT2D eigenvalue weighted by Crippen LogP contribution is 2.53. The molecule has 3 aliphatic carbocycles. The van der Waals surface area contributed by atoms with Crippen LogP contribution in [0.4, 0.5) is 11.4 Å². The predicted octanol–water partition coefficient (Wildman–Crippen LogP) is 16.7. The summed E-state index contributed by atoms with van der Waals surface area (Å²) in [6, 6.07) is 67.7. The van der Waals surface area contributed by atoms with Crippen LogP contribution in [0.3, 0.4) is 0 Å². The van der Waals surface area contributed by atoms with Gasteiger partial charge in [-0.15, -0.1) is 0 Å². The van der Waals surface area contributed by atoms with E-state index < -0.39 is 0 Å². The molecule has 0 amide bonds. The van der Waals surface area contributed by atoms with E-state index in [1.165, 1.54) is 116 Å². The fraction of sp³-hybridized carbons (Fsp3) is 0.115. The molecule has 296 valence electrons. The van der Waals surface area contributed by atoms with Crippen LogP contribution in [0.1, 0.15) is 55.4 Å². The number of nitrogens with zero attached hydrogens (tertiary/aromatic N) is 1. The molecule has 3 aliphatic rings. The van der Waals surface area contributed by atoms with E-state index in [4.69, 9.17) is 0 Å². The van der Waals surface area contributed by atoms with Crippen molar-refractivity contribution in [3.63, 3.8) is 0 Å². The lowest BCUT2D eigenvalue weighted by Crippen LogP contribution is -2.22. The molecule has 0 bridgehead atoms. The molecule has 0 radical (unpaired) electrons. The number of para-hydroxylation sites is 1. The van der Waals surface area contributed by atoms with Crippen LogP contribution in [-0.4, -0.2) is 0 Å². The third kappa shape index (κ3) is 5.83. The van der Waals surface area contributed by atoms with Crippen molar-refractivity contribution in [3.05, 3.63) is 228 Å². The van der Waals surface area contributed by atoms with E-state index in [1.807, 2.05) is 0 Å². The van der Waals surface area contributed by atoms with Crippen LogP contribution in [0.2, 0.25) is 0 Å². The van der Waals surface area contributed by atoms with Crippen molar-refractivity contribution < 1.29 is 0 Å². The molecule has 1 nitrogen and oxygen atoms in total. The van der Waals surface area contributed by atoms with Crippen LogP contribution in [0.15, 0.2) is 205 Å². The second kappa shape index (κ2) is 14.5. The first-order valence-corrected chi connectivity index (χ1v) is 22.3. The molecule has 0 heterocycles. The van der Waals surface area contributed by atoms with E-state index in [1.54, 1.807) is 0 Å². The number of hydrogen-bond donors (Lipinski definition) is 0. The highest BCUT2D eigenvalue weighted by Gasteiger charge is 2.39. The second-order valence-corrected chi connectivity index (χ2v) is 17.8. The SMILES string of the molecule is CC1(C)C2=C(CCC(N(c3ccccc3)c3ccc(-c4ccccc4)cc3)=C2)c2ccc(-c3cc4cc(-c5cccc6ccccc56)c5c(c4c4ccccc34)C=CCC5)cc21. The lowest BCUT2D eigenvalue weighted by atomic mass is 9.78. The van der Waals surface area contributed by atoms with Gasteiger partial charge in [-0.2, -0.15) is 0 Å². The van der Waals surface area contributed by atoms with Crippen molar-refractivity contribution in [2.45, 2.75) is 44.9 Å². The molecule has 62 heavy (non-hydrogen) atoms. The zero-order valence-corrected chi connectivity index (χ0v) is 35.3. The van der Waals surface area contributed by atoms with Gasteiger partial charge in [0.2, 0.25) is 0 Å². The zero-order chi connectivity index (χ0) is 41.4. The summed E-state index contributed by atoms with van der Waals surface area (Å²) in [7, 11) is 0. The van der Waals surface area contributed by atoms with Gasteiger partial charge in [0.15, 0.2) is 0 Å². The lowest BCUT2D eigenvalue weighted by molar-refractivity contribution is 0.649. The second-order valence-electron chi connectivity index (χ2n) is 17.8. The van der Waals surface area contributed by atoms with Gasteiger partial charge in [0.05, 0.1) is 0 Å². The van der Waals surface area contributed by atoms with Gasteiger partial charge in [-0.1, -0.05) is 166 Å². The number of hydrogen-bond acceptors (Lipinski definition) is 1. The van der Waals surface area contributed by atoms with E-state index in [0.717, 1.165) is 25.7 Å². The summed E-state index contributed by atoms with van der Waals surface area (Å²) in [5, 5.41) is 7.91. The molecule has 0 aromatic heterocycles. The van der Waals surface area contributed by atoms with Crippen LogP contribution in [-0.2, 0) is 11.8 Å². The van der Waals surface area contributed by atoms with Crippen LogP contribution in [0.25, 0.3) is 77.3 Å². The Labute approximate surface area is 364 Å². The molecule has 0 aliphatic heterocycles. The Morgan fingerprint density at radius 2 is 1.13 bits per heavy atom. The zero-order valence-electron chi connectivity index (χ0n) is 35.3. The van der Waals surface area contributed by atoms with Crippen molar-refractivity contribution >= 4 is 55.3 Å². The number of fused-ring (bicyclic) bond motifs is 8. The molecule has 12 rings (SSSR count). The van der Waals surface area contributed by atoms with Gasteiger partial charge in [0, 0.05) is 22.5 Å². The number of allylic oxidation sites excluding steroid dienone is 5. The van der Waals surface area contributed by atoms with E-state index >= 15 is 0 Å². The van der Waals surface area contributed by atoms with Gasteiger partial charge in [0.1, 0.15) is 0 Å². The summed E-state index contributed by atoms with van der Waals surface area (Å²) in [4.78, 5) is 2.48. The molecule has 9 aromatic carbocycles. The van der Waals surface area contributed by atoms with Crippen molar-refractivity contribution in [1.82, 2.24) is 0 Å². The minimum absolute atomic E-state index is 0.163. The molecule has 0 spiro atoms. The summed E-state index contributed by atoms with van der Waals surface area (Å²) in [6.45, 7) is 4.87. The summed E-state index contributed by atoms with van der Waals surface area (Å²) in [5.74, 6) is 0. The molecule has 0 atom stereocenters. The normalized spacial score (nSPS) is 15.1. The first-order chi connectivity index (χ1) is 30.5. The summed E-state index contributed by atoms with van der Waals surface area (Å²) in [6.07, 6.45) is 11.4. The Balaban J connectivity index is 0.971. The number of rotatable bonds is 6. The molecule has 1 heteroatoms. The van der Waals surface area contributed by atoms with E-state index in [-0.39, 0.29) is 5.41 Å². The number of anilines is 2. The molecule has 0 unspecified atom stereocenters. The maximum absolute atomic E-state index is 2.52. The molecule has 0 N–H and O–H groups in total. The van der Waals surface area contributed by atoms with Crippen LogP contribution in [0.5, 0.6) is 0 Å². The molecule has 0 saturated heterocycles. The van der Waals surface area contributed by atoms with Gasteiger partial charge in [-0.3, -0.25) is 0 Å². The Bertz CT molecular complexity index is 3340. The first kappa shape index (κ1) is 36.6. The Kier molecular flexibility index (Phi) is 8.54. The van der Waals surface area contributed by atoms with Gasteiger partial charge in [-0.25, -0.2) is 0 Å². The van der Waals surface area contributed by atoms with Crippen LogP contribution >= 0.6 is 0 Å². The Hall–Kier alpha value is -7.22. The van der Waals surface area contributed by atoms with Crippen LogP contribution < -0.4 is 4.90 Å². The van der Waals surface area contributed by atoms with Gasteiger partial charge in [-0.05, 0) is 173 Å². The van der Waals surface area contributed by atoms with Gasteiger partial charge < -0.3 is 4.90 Å². The van der Waals surface area contributed by atoms with Crippen molar-refractivity contribution in [2.24, 2.45) is 0 Å². The third-order valence-corrected chi connectivity index (χ3v) is 14.0. The van der Waals surface area contributed by atoms with Crippen molar-refractivity contribution in [1.29, 1.82) is 0 Å². The maximum Gasteiger partial charge on any atom is 0.0458 e. The molecular formula is C61H47N. The average Bonchev–Trinajstić information content (AvgIpc) is 3.56. The lowest BCUT2D eigenvalue weighted by Gasteiger charge is -2.32. The summed E-state index contributed by atoms with van der Waals surface area (Å²) in [5.41, 5.74) is 19.9. The fourth-order valence-electron chi connectivity index (χ4n) is 11.0. The third-order valence-electron chi connectivity index (χ3n) is 14.0. The topological polar surface area (TPSA) is 3.24 Å². The van der Waals surface area contributed by atoms with E-state index in [2.05, 4.69) is 219 Å². The molecule has 0 fully saturated rings. The quantitative estimate of drug-likeness (QED) is 0.152. The van der Waals surface area contributed by atoms with Gasteiger partial charge in [0.25, 0.3) is 0 Å². The van der Waals surface area contributed by atoms with Crippen molar-refractivity contribution in [3.8, 4) is 33.4 Å². The van der Waals surface area contributed by atoms with Crippen molar-refractivity contribution in [2.75, 3.05) is 4.90 Å². The predicted molar refractivity (Wildman–Crippen MR) is 265 cm³/mol. The summed E-state index contributed by atoms with van der Waals surface area (Å²) >= 11 is 0. The van der Waals surface area contributed by atoms with Crippen LogP contribution in [0, 0.1) is 0 Å². The minimum atomic E-state index is -0.163. The standard InChI is InChI=1S/C61H47N/c1-61(2)58-38-43(30-34-52(58)53-35-33-47(39-59(53)61)62(45-20-7-4-8-21-45)46-31-28-41(29-32-46)40-16-5-3-6-17-40)56-36-44-37-57(49-27-15-19-42-18-9-10-22-48(42)49)51-24-12-14-26-55(51)60(44)54-25-13-11-23-50(54)56/h3-11,13-23,25-32,34,36-39H,12,24,33,35H2,1-2H3. The fourth-order valence-corrected chi connectivity index (χ4v) is 11.0. The highest BCUT2D eigenvalue weighted by molar-refractivity contribution is 6.18. The molecule has 9 aromatic rings. The average molecular weight is 794 g/mol. The minimum Gasteiger partial charge on any atom is -0.314 e. The maximum atomic E-state index is 2.52. The molecule has 0 saturated carbocycles. The smallest absolute Gasteiger partial charge is 0.0458 e. The van der Waals surface area contributed by atoms with E-state index in [0.29, 0.717) is 0 Å². The Morgan fingerprint density at radius 3 is 1.95 bits per heavy atom. The highest BCUT2D eigenvalue weighted by atomic mass is 15.1. The Morgan fingerprint density at radius 1 is 0.468 bits per heavy atom. The van der Waals surface area contributed by atoms with Gasteiger partial charge >= 0.3 is 0 Å². The van der Waals surface area contributed by atoms with E-state index in [9.17, 15) is 0 Å².